The lowest BCUT2D eigenvalue weighted by molar-refractivity contribution is 0.492. The van der Waals surface area contributed by atoms with Crippen molar-refractivity contribution in [3.05, 3.63) is 63.6 Å². The lowest BCUT2D eigenvalue weighted by atomic mass is 10.0. The van der Waals surface area contributed by atoms with E-state index in [1.165, 1.54) is 12.1 Å². The molecule has 2 atom stereocenters. The number of nitrogens with one attached hydrogen (secondary N) is 1. The summed E-state index contributed by atoms with van der Waals surface area (Å²) in [7, 11) is 0. The zero-order valence-corrected chi connectivity index (χ0v) is 12.7. The largest absolute Gasteiger partial charge is 0.304 e. The molecule has 1 aromatic carbocycles. The van der Waals surface area contributed by atoms with Gasteiger partial charge in [0.15, 0.2) is 0 Å². The first-order valence-corrected chi connectivity index (χ1v) is 7.05. The molecule has 1 heterocycles. The number of nitrogens with zero attached hydrogens (tertiary/aromatic N) is 1. The van der Waals surface area contributed by atoms with E-state index < -0.39 is 5.82 Å². The molecule has 106 valence electrons. The van der Waals surface area contributed by atoms with E-state index in [-0.39, 0.29) is 17.1 Å². The molecule has 0 bridgehead atoms. The van der Waals surface area contributed by atoms with Gasteiger partial charge in [-0.25, -0.2) is 4.39 Å². The maximum Gasteiger partial charge on any atom is 0.142 e. The molecule has 0 aliphatic rings. The van der Waals surface area contributed by atoms with Gasteiger partial charge in [-0.2, -0.15) is 0 Å². The van der Waals surface area contributed by atoms with E-state index in [0.717, 1.165) is 5.56 Å². The summed E-state index contributed by atoms with van der Waals surface area (Å²) in [6, 6.07) is 6.69. The van der Waals surface area contributed by atoms with Crippen molar-refractivity contribution in [3.8, 4) is 0 Å². The molecular weight excluding hydrogens is 298 g/mol. The molecule has 0 saturated heterocycles. The standard InChI is InChI=1S/C15H15Cl2FN2/c1-9(11-3-5-19-6-4-11)20-10(2)12-7-15(18)14(17)8-13(12)16/h3-10,20H,1-2H3/t9-,10?/m1/s1. The molecule has 0 amide bonds. The van der Waals surface area contributed by atoms with Crippen LogP contribution in [0.4, 0.5) is 4.39 Å². The number of hydrogen-bond acceptors (Lipinski definition) is 2. The first-order valence-electron chi connectivity index (χ1n) is 6.29. The summed E-state index contributed by atoms with van der Waals surface area (Å²) in [5, 5.41) is 3.87. The van der Waals surface area contributed by atoms with Crippen molar-refractivity contribution < 1.29 is 4.39 Å². The number of hydrogen-bond donors (Lipinski definition) is 1. The van der Waals surface area contributed by atoms with Crippen LogP contribution in [0.25, 0.3) is 0 Å². The van der Waals surface area contributed by atoms with Crippen LogP contribution >= 0.6 is 23.2 Å². The third-order valence-corrected chi connectivity index (χ3v) is 3.83. The van der Waals surface area contributed by atoms with Gasteiger partial charge in [-0.3, -0.25) is 4.98 Å². The summed E-state index contributed by atoms with van der Waals surface area (Å²) in [4.78, 5) is 3.99. The fourth-order valence-corrected chi connectivity index (χ4v) is 2.63. The number of rotatable bonds is 4. The summed E-state index contributed by atoms with van der Waals surface area (Å²) < 4.78 is 13.6. The highest BCUT2D eigenvalue weighted by atomic mass is 35.5. The zero-order valence-electron chi connectivity index (χ0n) is 11.2. The predicted octanol–water partition coefficient (Wildman–Crippen LogP) is 4.94. The molecule has 2 nitrogen and oxygen atoms in total. The minimum absolute atomic E-state index is 0.0353. The van der Waals surface area contributed by atoms with Gasteiger partial charge in [0, 0.05) is 29.5 Å². The Kier molecular flexibility index (Phi) is 4.97. The van der Waals surface area contributed by atoms with Crippen molar-refractivity contribution in [2.45, 2.75) is 25.9 Å². The topological polar surface area (TPSA) is 24.9 Å². The van der Waals surface area contributed by atoms with Gasteiger partial charge in [-0.1, -0.05) is 23.2 Å². The van der Waals surface area contributed by atoms with Crippen LogP contribution in [-0.4, -0.2) is 4.98 Å². The second-order valence-electron chi connectivity index (χ2n) is 4.68. The second kappa shape index (κ2) is 6.53. The van der Waals surface area contributed by atoms with E-state index >= 15 is 0 Å². The Labute approximate surface area is 127 Å². The summed E-state index contributed by atoms with van der Waals surface area (Å²) in [5.74, 6) is -0.462. The van der Waals surface area contributed by atoms with Crippen molar-refractivity contribution in [3.63, 3.8) is 0 Å². The minimum Gasteiger partial charge on any atom is -0.304 e. The van der Waals surface area contributed by atoms with Crippen molar-refractivity contribution in [2.75, 3.05) is 0 Å². The molecule has 0 aliphatic heterocycles. The molecule has 0 radical (unpaired) electrons. The van der Waals surface area contributed by atoms with Crippen LogP contribution in [0.3, 0.4) is 0 Å². The number of pyridine rings is 1. The van der Waals surface area contributed by atoms with Crippen molar-refractivity contribution in [1.29, 1.82) is 0 Å². The van der Waals surface area contributed by atoms with Crippen LogP contribution in [0.5, 0.6) is 0 Å². The number of aromatic nitrogens is 1. The molecule has 2 aromatic rings. The summed E-state index contributed by atoms with van der Waals surface area (Å²) in [6.45, 7) is 3.97. The normalized spacial score (nSPS) is 14.1. The van der Waals surface area contributed by atoms with Gasteiger partial charge in [0.2, 0.25) is 0 Å². The lowest BCUT2D eigenvalue weighted by Gasteiger charge is -2.21. The Morgan fingerprint density at radius 3 is 2.35 bits per heavy atom. The van der Waals surface area contributed by atoms with Gasteiger partial charge < -0.3 is 5.32 Å². The summed E-state index contributed by atoms with van der Waals surface area (Å²) in [6.07, 6.45) is 3.49. The van der Waals surface area contributed by atoms with Gasteiger partial charge in [0.1, 0.15) is 5.82 Å². The highest BCUT2D eigenvalue weighted by Crippen LogP contribution is 2.29. The maximum atomic E-state index is 13.6. The highest BCUT2D eigenvalue weighted by molar-refractivity contribution is 6.35. The van der Waals surface area contributed by atoms with E-state index in [2.05, 4.69) is 10.3 Å². The Balaban J connectivity index is 2.16. The summed E-state index contributed by atoms with van der Waals surface area (Å²) >= 11 is 11.8. The third kappa shape index (κ3) is 3.48. The van der Waals surface area contributed by atoms with Crippen molar-refractivity contribution in [1.82, 2.24) is 10.3 Å². The van der Waals surface area contributed by atoms with Gasteiger partial charge in [-0.15, -0.1) is 0 Å². The first kappa shape index (κ1) is 15.2. The van der Waals surface area contributed by atoms with E-state index in [9.17, 15) is 4.39 Å². The minimum atomic E-state index is -0.462. The Bertz CT molecular complexity index is 590. The van der Waals surface area contributed by atoms with Gasteiger partial charge in [-0.05, 0) is 49.2 Å². The molecule has 20 heavy (non-hydrogen) atoms. The first-order chi connectivity index (χ1) is 9.49. The molecule has 2 rings (SSSR count). The van der Waals surface area contributed by atoms with E-state index in [1.807, 2.05) is 26.0 Å². The maximum absolute atomic E-state index is 13.6. The molecule has 1 aromatic heterocycles. The third-order valence-electron chi connectivity index (χ3n) is 3.21. The monoisotopic (exact) mass is 312 g/mol. The van der Waals surface area contributed by atoms with Crippen LogP contribution in [0.1, 0.15) is 37.1 Å². The molecule has 1 N–H and O–H groups in total. The Morgan fingerprint density at radius 2 is 1.70 bits per heavy atom. The fraction of sp³-hybridized carbons (Fsp3) is 0.267. The van der Waals surface area contributed by atoms with Crippen molar-refractivity contribution in [2.24, 2.45) is 0 Å². The fourth-order valence-electron chi connectivity index (χ4n) is 2.08. The molecule has 0 aliphatic carbocycles. The molecule has 0 spiro atoms. The Hall–Kier alpha value is -1.16. The molecule has 0 fully saturated rings. The van der Waals surface area contributed by atoms with Gasteiger partial charge in [0.25, 0.3) is 0 Å². The lowest BCUT2D eigenvalue weighted by Crippen LogP contribution is -2.22. The van der Waals surface area contributed by atoms with Crippen molar-refractivity contribution >= 4 is 23.2 Å². The predicted molar refractivity (Wildman–Crippen MR) is 80.6 cm³/mol. The SMILES string of the molecule is CC(N[C@H](C)c1ccncc1)c1cc(F)c(Cl)cc1Cl. The molecule has 1 unspecified atom stereocenters. The number of halogens is 3. The van der Waals surface area contributed by atoms with E-state index in [4.69, 9.17) is 23.2 Å². The van der Waals surface area contributed by atoms with E-state index in [1.54, 1.807) is 12.4 Å². The van der Waals surface area contributed by atoms with Crippen LogP contribution in [-0.2, 0) is 0 Å². The smallest absolute Gasteiger partial charge is 0.142 e. The summed E-state index contributed by atoms with van der Waals surface area (Å²) in [5.41, 5.74) is 1.80. The van der Waals surface area contributed by atoms with Gasteiger partial charge >= 0.3 is 0 Å². The highest BCUT2D eigenvalue weighted by Gasteiger charge is 2.16. The van der Waals surface area contributed by atoms with E-state index in [0.29, 0.717) is 10.6 Å². The molecule has 0 saturated carbocycles. The van der Waals surface area contributed by atoms with Crippen LogP contribution in [0, 0.1) is 5.82 Å². The average Bonchev–Trinajstić information content (AvgIpc) is 2.43. The van der Waals surface area contributed by atoms with Gasteiger partial charge in [0.05, 0.1) is 5.02 Å². The molecule has 5 heteroatoms. The second-order valence-corrected chi connectivity index (χ2v) is 5.49. The molecular formula is C15H15Cl2FN2. The zero-order chi connectivity index (χ0) is 14.7. The quantitative estimate of drug-likeness (QED) is 0.809. The van der Waals surface area contributed by atoms with Crippen LogP contribution < -0.4 is 5.32 Å². The Morgan fingerprint density at radius 1 is 1.05 bits per heavy atom. The number of benzene rings is 1. The average molecular weight is 313 g/mol. The van der Waals surface area contributed by atoms with Crippen LogP contribution in [0.2, 0.25) is 10.0 Å². The van der Waals surface area contributed by atoms with Crippen LogP contribution in [0.15, 0.2) is 36.7 Å².